The van der Waals surface area contributed by atoms with Crippen LogP contribution in [-0.4, -0.2) is 85.1 Å². The number of methoxy groups -OCH3 is 1. The highest BCUT2D eigenvalue weighted by atomic mass is 19.4. The second-order valence-electron chi connectivity index (χ2n) is 11.9. The lowest BCUT2D eigenvalue weighted by Crippen LogP contribution is -2.48. The number of dihydropyridines is 1. The average Bonchev–Trinajstić information content (AvgIpc) is 3.45. The minimum Gasteiger partial charge on any atom is -0.496 e. The number of halogens is 3. The SMILES string of the molecule is CCN(c1c(C)c(C(=O)NCc2c(OC)cc(C)[nH]c2=O)cc2c(C3=CC=NC(NC)C3)ccn12)C1CCN(CC(F)(F)F)CC1. The molecular formula is C33H42F3N7O3. The second-order valence-corrected chi connectivity index (χ2v) is 11.9. The zero-order valence-electron chi connectivity index (χ0n) is 26.9. The molecule has 0 spiro atoms. The number of pyridine rings is 2. The Bertz CT molecular complexity index is 1700. The number of fused-ring (bicyclic) bond motifs is 1. The summed E-state index contributed by atoms with van der Waals surface area (Å²) >= 11 is 0. The van der Waals surface area contributed by atoms with E-state index in [0.29, 0.717) is 61.5 Å². The molecule has 1 saturated heterocycles. The van der Waals surface area contributed by atoms with Gasteiger partial charge < -0.3 is 24.3 Å². The van der Waals surface area contributed by atoms with E-state index < -0.39 is 12.7 Å². The summed E-state index contributed by atoms with van der Waals surface area (Å²) in [6.45, 7) is 6.01. The van der Waals surface area contributed by atoms with Crippen molar-refractivity contribution >= 4 is 29.0 Å². The van der Waals surface area contributed by atoms with Crippen LogP contribution in [0.5, 0.6) is 5.75 Å². The standard InChI is InChI=1S/C33H42F3N7O3/c1-6-42(23-8-12-41(13-9-23)19-33(34,35)36)32-21(3)25(30(44)39-18-26-28(46-5)15-20(2)40-31(26)45)17-27-24(10-14-43(27)32)22-7-11-38-29(16-22)37-4/h7,10-11,14-15,17,23,29,37H,6,8-9,12-13,16,18-19H2,1-5H3,(H,39,44)(H,40,45). The van der Waals surface area contributed by atoms with E-state index >= 15 is 0 Å². The fraction of sp³-hybridized carbons (Fsp3) is 0.485. The molecule has 1 fully saturated rings. The Kier molecular flexibility index (Phi) is 9.92. The van der Waals surface area contributed by atoms with Gasteiger partial charge in [-0.2, -0.15) is 13.2 Å². The molecule has 0 aromatic carbocycles. The van der Waals surface area contributed by atoms with Gasteiger partial charge in [-0.3, -0.25) is 24.8 Å². The fourth-order valence-corrected chi connectivity index (χ4v) is 6.65. The van der Waals surface area contributed by atoms with Crippen molar-refractivity contribution in [1.29, 1.82) is 0 Å². The zero-order chi connectivity index (χ0) is 33.2. The number of nitrogens with zero attached hydrogens (tertiary/aromatic N) is 4. The molecule has 2 aliphatic rings. The van der Waals surface area contributed by atoms with Gasteiger partial charge in [0.05, 0.1) is 31.3 Å². The molecule has 3 aromatic rings. The van der Waals surface area contributed by atoms with Crippen LogP contribution in [0.15, 0.2) is 40.3 Å². The van der Waals surface area contributed by atoms with Gasteiger partial charge >= 0.3 is 6.18 Å². The fourth-order valence-electron chi connectivity index (χ4n) is 6.65. The zero-order valence-corrected chi connectivity index (χ0v) is 26.9. The number of hydrogen-bond donors (Lipinski definition) is 3. The molecule has 3 aromatic heterocycles. The van der Waals surface area contributed by atoms with E-state index in [1.807, 2.05) is 45.3 Å². The van der Waals surface area contributed by atoms with Crippen molar-refractivity contribution in [3.8, 4) is 5.75 Å². The second kappa shape index (κ2) is 13.7. The predicted molar refractivity (Wildman–Crippen MR) is 174 cm³/mol. The number of alkyl halides is 3. The van der Waals surface area contributed by atoms with Crippen LogP contribution in [0.3, 0.4) is 0 Å². The van der Waals surface area contributed by atoms with Crippen molar-refractivity contribution in [2.45, 2.75) is 65.0 Å². The van der Waals surface area contributed by atoms with Gasteiger partial charge in [0.25, 0.3) is 11.5 Å². The van der Waals surface area contributed by atoms with Gasteiger partial charge in [0.1, 0.15) is 17.7 Å². The minimum atomic E-state index is -4.23. The molecule has 0 aliphatic carbocycles. The summed E-state index contributed by atoms with van der Waals surface area (Å²) in [5.41, 5.74) is 4.69. The highest BCUT2D eigenvalue weighted by Crippen LogP contribution is 2.36. The highest BCUT2D eigenvalue weighted by Gasteiger charge is 2.34. The Labute approximate surface area is 266 Å². The number of carbonyl (C=O) groups excluding carboxylic acids is 1. The van der Waals surface area contributed by atoms with Crippen molar-refractivity contribution < 1.29 is 22.7 Å². The first-order valence-corrected chi connectivity index (χ1v) is 15.6. The summed E-state index contributed by atoms with van der Waals surface area (Å²) in [7, 11) is 3.34. The van der Waals surface area contributed by atoms with Gasteiger partial charge in [0.15, 0.2) is 0 Å². The van der Waals surface area contributed by atoms with E-state index in [0.717, 1.165) is 28.0 Å². The van der Waals surface area contributed by atoms with Crippen LogP contribution in [-0.2, 0) is 6.54 Å². The molecule has 0 radical (unpaired) electrons. The van der Waals surface area contributed by atoms with Crippen molar-refractivity contribution in [2.75, 3.05) is 45.2 Å². The molecule has 1 atom stereocenters. The quantitative estimate of drug-likeness (QED) is 0.303. The largest absolute Gasteiger partial charge is 0.496 e. The number of piperidine rings is 1. The molecule has 13 heteroatoms. The number of ether oxygens (including phenoxy) is 1. The van der Waals surface area contributed by atoms with E-state index in [9.17, 15) is 22.8 Å². The number of likely N-dealkylation sites (tertiary alicyclic amines) is 1. The first-order chi connectivity index (χ1) is 21.9. The third-order valence-electron chi connectivity index (χ3n) is 8.94. The summed E-state index contributed by atoms with van der Waals surface area (Å²) in [6, 6.07) is 5.62. The number of H-pyrrole nitrogens is 1. The van der Waals surface area contributed by atoms with Gasteiger partial charge in [0, 0.05) is 66.9 Å². The third-order valence-corrected chi connectivity index (χ3v) is 8.94. The van der Waals surface area contributed by atoms with E-state index in [4.69, 9.17) is 4.74 Å². The van der Waals surface area contributed by atoms with Crippen molar-refractivity contribution in [3.05, 3.63) is 68.8 Å². The Morgan fingerprint density at radius 1 is 1.22 bits per heavy atom. The third kappa shape index (κ3) is 7.00. The lowest BCUT2D eigenvalue weighted by molar-refractivity contribution is -0.147. The number of aliphatic imine (C=N–C) groups is 1. The number of nitrogens with one attached hydrogen (secondary N) is 3. The maximum absolute atomic E-state index is 13.9. The number of rotatable bonds is 10. The lowest BCUT2D eigenvalue weighted by atomic mass is 9.98. The summed E-state index contributed by atoms with van der Waals surface area (Å²) in [6.07, 6.45) is 3.25. The van der Waals surface area contributed by atoms with Crippen molar-refractivity contribution in [2.24, 2.45) is 4.99 Å². The number of carbonyl (C=O) groups is 1. The number of anilines is 1. The predicted octanol–water partition coefficient (Wildman–Crippen LogP) is 4.44. The maximum atomic E-state index is 13.9. The normalized spacial score (nSPS) is 17.7. The lowest BCUT2D eigenvalue weighted by Gasteiger charge is -2.40. The monoisotopic (exact) mass is 641 g/mol. The number of allylic oxidation sites excluding steroid dienone is 1. The summed E-state index contributed by atoms with van der Waals surface area (Å²) in [4.78, 5) is 37.6. The highest BCUT2D eigenvalue weighted by molar-refractivity contribution is 6.00. The van der Waals surface area contributed by atoms with E-state index in [2.05, 4.69) is 29.9 Å². The molecule has 10 nitrogen and oxygen atoms in total. The maximum Gasteiger partial charge on any atom is 0.401 e. The molecule has 2 aliphatic heterocycles. The van der Waals surface area contributed by atoms with Crippen molar-refractivity contribution in [1.82, 2.24) is 24.9 Å². The molecule has 46 heavy (non-hydrogen) atoms. The Balaban J connectivity index is 1.54. The topological polar surface area (TPSA) is 106 Å². The summed E-state index contributed by atoms with van der Waals surface area (Å²) in [5.74, 6) is 0.868. The smallest absolute Gasteiger partial charge is 0.401 e. The van der Waals surface area contributed by atoms with Crippen LogP contribution in [0.4, 0.5) is 19.0 Å². The minimum absolute atomic E-state index is 0.00868. The van der Waals surface area contributed by atoms with E-state index in [-0.39, 0.29) is 30.2 Å². The van der Waals surface area contributed by atoms with Crippen LogP contribution in [0, 0.1) is 13.8 Å². The number of aryl methyl sites for hydroxylation is 1. The Morgan fingerprint density at radius 2 is 1.96 bits per heavy atom. The van der Waals surface area contributed by atoms with Gasteiger partial charge in [0.2, 0.25) is 0 Å². The molecule has 0 bridgehead atoms. The van der Waals surface area contributed by atoms with Crippen LogP contribution < -0.4 is 25.8 Å². The van der Waals surface area contributed by atoms with E-state index in [1.165, 1.54) is 12.0 Å². The molecular weight excluding hydrogens is 599 g/mol. The van der Waals surface area contributed by atoms with E-state index in [1.54, 1.807) is 19.2 Å². The molecule has 5 rings (SSSR count). The number of hydrogen-bond acceptors (Lipinski definition) is 7. The van der Waals surface area contributed by atoms with Crippen LogP contribution >= 0.6 is 0 Å². The van der Waals surface area contributed by atoms with Crippen LogP contribution in [0.2, 0.25) is 0 Å². The number of aromatic amines is 1. The van der Waals surface area contributed by atoms with Gasteiger partial charge in [-0.15, -0.1) is 0 Å². The molecule has 0 saturated carbocycles. The van der Waals surface area contributed by atoms with Crippen LogP contribution in [0.25, 0.3) is 11.1 Å². The summed E-state index contributed by atoms with van der Waals surface area (Å²) in [5, 5.41) is 6.13. The first-order valence-electron chi connectivity index (χ1n) is 15.6. The molecule has 5 heterocycles. The molecule has 1 unspecified atom stereocenters. The van der Waals surface area contributed by atoms with Gasteiger partial charge in [-0.25, -0.2) is 0 Å². The summed E-state index contributed by atoms with van der Waals surface area (Å²) < 4.78 is 46.8. The number of amides is 1. The molecule has 1 amide bonds. The number of aromatic nitrogens is 2. The first kappa shape index (κ1) is 33.3. The Morgan fingerprint density at radius 3 is 2.61 bits per heavy atom. The Hall–Kier alpha value is -4.10. The van der Waals surface area contributed by atoms with Crippen LogP contribution in [0.1, 0.15) is 58.9 Å². The molecule has 3 N–H and O–H groups in total. The van der Waals surface area contributed by atoms with Gasteiger partial charge in [-0.05, 0) is 70.5 Å². The average molecular weight is 642 g/mol. The van der Waals surface area contributed by atoms with Gasteiger partial charge in [-0.1, -0.05) is 0 Å². The van der Waals surface area contributed by atoms with Crippen molar-refractivity contribution in [3.63, 3.8) is 0 Å². The molecule has 248 valence electrons.